The van der Waals surface area contributed by atoms with E-state index in [2.05, 4.69) is 5.32 Å². The van der Waals surface area contributed by atoms with Crippen molar-refractivity contribution in [2.45, 2.75) is 11.3 Å². The van der Waals surface area contributed by atoms with Gasteiger partial charge in [0.05, 0.1) is 29.6 Å². The van der Waals surface area contributed by atoms with Crippen molar-refractivity contribution in [3.05, 3.63) is 52.6 Å². The first kappa shape index (κ1) is 23.0. The summed E-state index contributed by atoms with van der Waals surface area (Å²) in [5, 5.41) is 13.7. The number of piperazine rings is 1. The van der Waals surface area contributed by atoms with Gasteiger partial charge in [-0.25, -0.2) is 8.42 Å². The molecule has 2 aromatic carbocycles. The number of fused-ring (bicyclic) bond motifs is 1. The van der Waals surface area contributed by atoms with Crippen LogP contribution in [0.5, 0.6) is 11.5 Å². The molecule has 1 saturated heterocycles. The summed E-state index contributed by atoms with van der Waals surface area (Å²) in [6, 6.07) is 10.5. The monoisotopic (exact) mass is 476 g/mol. The summed E-state index contributed by atoms with van der Waals surface area (Å²) >= 11 is 0. The van der Waals surface area contributed by atoms with Crippen LogP contribution in [0.3, 0.4) is 0 Å². The van der Waals surface area contributed by atoms with E-state index in [9.17, 15) is 23.3 Å². The summed E-state index contributed by atoms with van der Waals surface area (Å²) in [7, 11) is -3.73. The molecule has 0 radical (unpaired) electrons. The molecule has 0 spiro atoms. The maximum Gasteiger partial charge on any atom is 0.292 e. The van der Waals surface area contributed by atoms with Crippen molar-refractivity contribution in [3.63, 3.8) is 0 Å². The number of nitro groups is 1. The van der Waals surface area contributed by atoms with Crippen LogP contribution >= 0.6 is 0 Å². The Morgan fingerprint density at radius 3 is 2.45 bits per heavy atom. The van der Waals surface area contributed by atoms with Crippen molar-refractivity contribution < 1.29 is 27.6 Å². The van der Waals surface area contributed by atoms with Gasteiger partial charge in [0.2, 0.25) is 15.9 Å². The number of para-hydroxylation sites is 2. The molecule has 0 unspecified atom stereocenters. The van der Waals surface area contributed by atoms with E-state index in [1.807, 2.05) is 4.90 Å². The highest BCUT2D eigenvalue weighted by atomic mass is 32.2. The number of nitrogens with zero attached hydrogens (tertiary/aromatic N) is 3. The van der Waals surface area contributed by atoms with Gasteiger partial charge in [-0.05, 0) is 18.2 Å². The molecule has 2 heterocycles. The van der Waals surface area contributed by atoms with Gasteiger partial charge in [0.1, 0.15) is 5.69 Å². The molecule has 1 N–H and O–H groups in total. The normalized spacial score (nSPS) is 17.2. The third-order valence-electron chi connectivity index (χ3n) is 5.43. The molecule has 1 amide bonds. The highest BCUT2D eigenvalue weighted by Crippen LogP contribution is 2.33. The molecule has 33 heavy (non-hydrogen) atoms. The quantitative estimate of drug-likeness (QED) is 0.492. The van der Waals surface area contributed by atoms with E-state index in [4.69, 9.17) is 9.47 Å². The Kier molecular flexibility index (Phi) is 6.77. The second-order valence-electron chi connectivity index (χ2n) is 7.66. The minimum atomic E-state index is -3.73. The topological polar surface area (TPSA) is 131 Å². The Balaban J connectivity index is 1.35. The Labute approximate surface area is 191 Å². The van der Waals surface area contributed by atoms with E-state index < -0.39 is 20.9 Å². The van der Waals surface area contributed by atoms with Crippen LogP contribution < -0.4 is 14.8 Å². The van der Waals surface area contributed by atoms with Gasteiger partial charge in [-0.3, -0.25) is 19.8 Å². The number of anilines is 1. The average molecular weight is 477 g/mol. The van der Waals surface area contributed by atoms with Crippen LogP contribution in [0.1, 0.15) is 6.42 Å². The molecule has 1 fully saturated rings. The fourth-order valence-electron chi connectivity index (χ4n) is 3.71. The van der Waals surface area contributed by atoms with Crippen molar-refractivity contribution in [3.8, 4) is 11.5 Å². The van der Waals surface area contributed by atoms with E-state index in [1.165, 1.54) is 34.6 Å². The summed E-state index contributed by atoms with van der Waals surface area (Å²) in [4.78, 5) is 24.9. The van der Waals surface area contributed by atoms with E-state index in [0.717, 1.165) is 6.42 Å². The predicted molar refractivity (Wildman–Crippen MR) is 119 cm³/mol. The molecule has 2 aromatic rings. The molecule has 11 nitrogen and oxygen atoms in total. The molecule has 4 rings (SSSR count). The van der Waals surface area contributed by atoms with E-state index in [0.29, 0.717) is 37.8 Å². The Morgan fingerprint density at radius 1 is 1.03 bits per heavy atom. The predicted octanol–water partition coefficient (Wildman–Crippen LogP) is 1.70. The van der Waals surface area contributed by atoms with Gasteiger partial charge in [-0.2, -0.15) is 4.31 Å². The number of rotatable bonds is 6. The Bertz CT molecular complexity index is 1150. The first-order valence-corrected chi connectivity index (χ1v) is 11.9. The van der Waals surface area contributed by atoms with Crippen LogP contribution in [0.15, 0.2) is 47.4 Å². The number of hydrogen-bond donors (Lipinski definition) is 1. The lowest BCUT2D eigenvalue weighted by molar-refractivity contribution is -0.383. The van der Waals surface area contributed by atoms with Gasteiger partial charge in [-0.1, -0.05) is 12.1 Å². The largest absolute Gasteiger partial charge is 0.490 e. The smallest absolute Gasteiger partial charge is 0.292 e. The number of carbonyl (C=O) groups excluding carboxylic acids is 1. The maximum absolute atomic E-state index is 13.1. The summed E-state index contributed by atoms with van der Waals surface area (Å²) in [6.07, 6.45) is 0.726. The second-order valence-corrected chi connectivity index (χ2v) is 9.60. The number of nitro benzene ring substituents is 1. The summed E-state index contributed by atoms with van der Waals surface area (Å²) in [6.45, 7) is 2.13. The molecule has 176 valence electrons. The zero-order chi connectivity index (χ0) is 23.4. The minimum Gasteiger partial charge on any atom is -0.490 e. The van der Waals surface area contributed by atoms with Gasteiger partial charge >= 0.3 is 0 Å². The number of ether oxygens (including phenoxy) is 2. The molecule has 0 atom stereocenters. The van der Waals surface area contributed by atoms with E-state index in [-0.39, 0.29) is 35.9 Å². The van der Waals surface area contributed by atoms with Crippen molar-refractivity contribution in [1.82, 2.24) is 9.21 Å². The second kappa shape index (κ2) is 9.73. The third-order valence-corrected chi connectivity index (χ3v) is 7.32. The fourth-order valence-corrected chi connectivity index (χ4v) is 5.15. The number of nitrogens with one attached hydrogen (secondary N) is 1. The molecule has 0 bridgehead atoms. The molecule has 0 aliphatic carbocycles. The molecule has 0 saturated carbocycles. The summed E-state index contributed by atoms with van der Waals surface area (Å²) in [5.41, 5.74) is -0.0555. The molecule has 12 heteroatoms. The average Bonchev–Trinajstić information content (AvgIpc) is 3.04. The lowest BCUT2D eigenvalue weighted by Gasteiger charge is -2.33. The van der Waals surface area contributed by atoms with E-state index >= 15 is 0 Å². The van der Waals surface area contributed by atoms with Gasteiger partial charge in [0, 0.05) is 44.7 Å². The van der Waals surface area contributed by atoms with Crippen molar-refractivity contribution in [1.29, 1.82) is 0 Å². The van der Waals surface area contributed by atoms with Gasteiger partial charge in [-0.15, -0.1) is 0 Å². The lowest BCUT2D eigenvalue weighted by Crippen LogP contribution is -2.50. The molecule has 2 aliphatic rings. The van der Waals surface area contributed by atoms with Crippen LogP contribution in [-0.4, -0.2) is 74.4 Å². The van der Waals surface area contributed by atoms with Gasteiger partial charge in [0.15, 0.2) is 11.5 Å². The van der Waals surface area contributed by atoms with Crippen molar-refractivity contribution >= 4 is 27.3 Å². The number of hydrogen-bond acceptors (Lipinski definition) is 8. The van der Waals surface area contributed by atoms with Gasteiger partial charge < -0.3 is 14.8 Å². The van der Waals surface area contributed by atoms with Crippen LogP contribution in [0.4, 0.5) is 11.4 Å². The van der Waals surface area contributed by atoms with E-state index in [1.54, 1.807) is 12.1 Å². The number of sulfonamides is 1. The standard InChI is InChI=1S/C21H24N4O7S/c26-21(22-17-4-1-2-5-18(17)25(27)28)15-23-8-10-24(11-9-23)33(29,30)16-6-7-19-20(14-16)32-13-3-12-31-19/h1-2,4-7,14H,3,8-13,15H2,(H,22,26). The highest BCUT2D eigenvalue weighted by molar-refractivity contribution is 7.89. The number of amides is 1. The van der Waals surface area contributed by atoms with Crippen LogP contribution in [0, 0.1) is 10.1 Å². The molecular formula is C21H24N4O7S. The SMILES string of the molecule is O=C(CN1CCN(S(=O)(=O)c2ccc3c(c2)OCCCO3)CC1)Nc1ccccc1[N+](=O)[O-]. The summed E-state index contributed by atoms with van der Waals surface area (Å²) < 4.78 is 38.7. The third kappa shape index (κ3) is 5.24. The molecular weight excluding hydrogens is 452 g/mol. The number of carbonyl (C=O) groups is 1. The molecule has 0 aromatic heterocycles. The first-order chi connectivity index (χ1) is 15.8. The maximum atomic E-state index is 13.1. The van der Waals surface area contributed by atoms with Crippen LogP contribution in [0.2, 0.25) is 0 Å². The Hall–Kier alpha value is -3.22. The highest BCUT2D eigenvalue weighted by Gasteiger charge is 2.30. The molecule has 2 aliphatic heterocycles. The lowest BCUT2D eigenvalue weighted by atomic mass is 10.2. The zero-order valence-electron chi connectivity index (χ0n) is 17.8. The fraction of sp³-hybridized carbons (Fsp3) is 0.381. The van der Waals surface area contributed by atoms with Crippen molar-refractivity contribution in [2.75, 3.05) is 51.3 Å². The first-order valence-electron chi connectivity index (χ1n) is 10.5. The zero-order valence-corrected chi connectivity index (χ0v) is 18.6. The minimum absolute atomic E-state index is 0.00393. The summed E-state index contributed by atoms with van der Waals surface area (Å²) in [5.74, 6) is 0.545. The van der Waals surface area contributed by atoms with Crippen LogP contribution in [0.25, 0.3) is 0 Å². The van der Waals surface area contributed by atoms with Crippen molar-refractivity contribution in [2.24, 2.45) is 0 Å². The van der Waals surface area contributed by atoms with Crippen LogP contribution in [-0.2, 0) is 14.8 Å². The number of benzene rings is 2. The Morgan fingerprint density at radius 2 is 1.73 bits per heavy atom. The van der Waals surface area contributed by atoms with Gasteiger partial charge in [0.25, 0.3) is 5.69 Å².